The highest BCUT2D eigenvalue weighted by molar-refractivity contribution is 7.92. The summed E-state index contributed by atoms with van der Waals surface area (Å²) in [5.74, 6) is 1.15. The van der Waals surface area contributed by atoms with Crippen LogP contribution in [0.5, 0.6) is 17.2 Å². The van der Waals surface area contributed by atoms with E-state index in [2.05, 4.69) is 10.5 Å². The van der Waals surface area contributed by atoms with Crippen LogP contribution in [0, 0.1) is 0 Å². The lowest BCUT2D eigenvalue weighted by Crippen LogP contribution is -2.39. The van der Waals surface area contributed by atoms with Gasteiger partial charge < -0.3 is 14.2 Å². The van der Waals surface area contributed by atoms with Crippen molar-refractivity contribution in [2.24, 2.45) is 5.10 Å². The molecule has 3 aromatic rings. The van der Waals surface area contributed by atoms with Crippen LogP contribution in [0.15, 0.2) is 82.8 Å². The first-order chi connectivity index (χ1) is 16.0. The number of hydrogen-bond acceptors (Lipinski definition) is 7. The molecule has 0 radical (unpaired) electrons. The molecular formula is C23H21N3O6S. The van der Waals surface area contributed by atoms with Gasteiger partial charge in [-0.25, -0.2) is 13.8 Å². The number of amides is 1. The third-order valence-corrected chi connectivity index (χ3v) is 6.57. The molecule has 0 atom stereocenters. The van der Waals surface area contributed by atoms with Gasteiger partial charge in [0.05, 0.1) is 23.9 Å². The molecule has 1 aliphatic rings. The summed E-state index contributed by atoms with van der Waals surface area (Å²) < 4.78 is 43.3. The second-order valence-electron chi connectivity index (χ2n) is 6.93. The van der Waals surface area contributed by atoms with E-state index in [1.165, 1.54) is 25.5 Å². The van der Waals surface area contributed by atoms with Gasteiger partial charge in [0, 0.05) is 0 Å². The van der Waals surface area contributed by atoms with Crippen LogP contribution in [-0.2, 0) is 14.8 Å². The molecule has 9 nitrogen and oxygen atoms in total. The van der Waals surface area contributed by atoms with Crippen LogP contribution >= 0.6 is 0 Å². The molecule has 0 saturated heterocycles. The molecule has 0 saturated carbocycles. The van der Waals surface area contributed by atoms with Crippen molar-refractivity contribution < 1.29 is 27.4 Å². The van der Waals surface area contributed by atoms with E-state index in [1.54, 1.807) is 60.7 Å². The molecule has 1 N–H and O–H groups in total. The van der Waals surface area contributed by atoms with Gasteiger partial charge in [0.25, 0.3) is 15.9 Å². The Balaban J connectivity index is 1.51. The lowest BCUT2D eigenvalue weighted by atomic mass is 10.2. The zero-order valence-corrected chi connectivity index (χ0v) is 18.5. The molecular weight excluding hydrogens is 446 g/mol. The Morgan fingerprint density at radius 2 is 1.79 bits per heavy atom. The molecule has 10 heteroatoms. The van der Waals surface area contributed by atoms with E-state index in [0.717, 1.165) is 4.31 Å². The SMILES string of the molecule is COc1ccc(S(=O)(=O)N(CC(=O)N/N=C\c2ccc3c(c2)OCO3)c2ccccc2)cc1. The van der Waals surface area contributed by atoms with E-state index < -0.39 is 22.5 Å². The first-order valence-electron chi connectivity index (χ1n) is 9.91. The molecule has 170 valence electrons. The molecule has 0 aromatic heterocycles. The van der Waals surface area contributed by atoms with Gasteiger partial charge in [-0.2, -0.15) is 5.10 Å². The van der Waals surface area contributed by atoms with Crippen LogP contribution in [-0.4, -0.2) is 41.0 Å². The summed E-state index contributed by atoms with van der Waals surface area (Å²) in [4.78, 5) is 12.6. The molecule has 1 aliphatic heterocycles. The molecule has 1 heterocycles. The zero-order chi connectivity index (χ0) is 23.3. The van der Waals surface area contributed by atoms with E-state index in [1.807, 2.05) is 0 Å². The number of nitrogens with one attached hydrogen (secondary N) is 1. The Bertz CT molecular complexity index is 1260. The number of methoxy groups -OCH3 is 1. The molecule has 0 fully saturated rings. The van der Waals surface area contributed by atoms with Crippen LogP contribution in [0.25, 0.3) is 0 Å². The van der Waals surface area contributed by atoms with Crippen LogP contribution in [0.1, 0.15) is 5.56 Å². The number of sulfonamides is 1. The Labute approximate surface area is 191 Å². The number of hydrogen-bond donors (Lipinski definition) is 1. The van der Waals surface area contributed by atoms with E-state index in [9.17, 15) is 13.2 Å². The van der Waals surface area contributed by atoms with Crippen LogP contribution < -0.4 is 23.9 Å². The summed E-state index contributed by atoms with van der Waals surface area (Å²) in [5.41, 5.74) is 3.41. The highest BCUT2D eigenvalue weighted by Crippen LogP contribution is 2.32. The third kappa shape index (κ3) is 5.07. The third-order valence-electron chi connectivity index (χ3n) is 4.78. The van der Waals surface area contributed by atoms with Gasteiger partial charge in [-0.3, -0.25) is 9.10 Å². The number of hydrazone groups is 1. The maximum absolute atomic E-state index is 13.3. The van der Waals surface area contributed by atoms with Crippen molar-refractivity contribution in [1.29, 1.82) is 0 Å². The quantitative estimate of drug-likeness (QED) is 0.403. The van der Waals surface area contributed by atoms with Crippen molar-refractivity contribution >= 4 is 27.8 Å². The lowest BCUT2D eigenvalue weighted by molar-refractivity contribution is -0.119. The highest BCUT2D eigenvalue weighted by Gasteiger charge is 2.27. The van der Waals surface area contributed by atoms with Crippen molar-refractivity contribution in [3.05, 3.63) is 78.4 Å². The summed E-state index contributed by atoms with van der Waals surface area (Å²) in [7, 11) is -2.53. The van der Waals surface area contributed by atoms with Crippen LogP contribution in [0.3, 0.4) is 0 Å². The predicted octanol–water partition coefficient (Wildman–Crippen LogP) is 2.77. The maximum atomic E-state index is 13.3. The number of anilines is 1. The van der Waals surface area contributed by atoms with Gasteiger partial charge in [0.15, 0.2) is 11.5 Å². The highest BCUT2D eigenvalue weighted by atomic mass is 32.2. The Hall–Kier alpha value is -4.05. The first kappa shape index (κ1) is 22.2. The first-order valence-corrected chi connectivity index (χ1v) is 11.3. The number of ether oxygens (including phenoxy) is 3. The van der Waals surface area contributed by atoms with Crippen molar-refractivity contribution in [2.45, 2.75) is 4.90 Å². The molecule has 0 spiro atoms. The van der Waals surface area contributed by atoms with Crippen molar-refractivity contribution in [3.63, 3.8) is 0 Å². The van der Waals surface area contributed by atoms with E-state index in [4.69, 9.17) is 14.2 Å². The van der Waals surface area contributed by atoms with Gasteiger partial charge in [0.2, 0.25) is 6.79 Å². The van der Waals surface area contributed by atoms with E-state index >= 15 is 0 Å². The monoisotopic (exact) mass is 467 g/mol. The largest absolute Gasteiger partial charge is 0.497 e. The number of benzene rings is 3. The van der Waals surface area contributed by atoms with Crippen LogP contribution in [0.2, 0.25) is 0 Å². The zero-order valence-electron chi connectivity index (χ0n) is 17.7. The van der Waals surface area contributed by atoms with E-state index in [-0.39, 0.29) is 11.7 Å². The number of para-hydroxylation sites is 1. The number of carbonyl (C=O) groups is 1. The fraction of sp³-hybridized carbons (Fsp3) is 0.130. The Morgan fingerprint density at radius 1 is 1.06 bits per heavy atom. The number of fused-ring (bicyclic) bond motifs is 1. The number of carbonyl (C=O) groups excluding carboxylic acids is 1. The lowest BCUT2D eigenvalue weighted by Gasteiger charge is -2.23. The summed E-state index contributed by atoms with van der Waals surface area (Å²) in [6, 6.07) is 19.6. The fourth-order valence-electron chi connectivity index (χ4n) is 3.12. The molecule has 0 aliphatic carbocycles. The number of rotatable bonds is 8. The summed E-state index contributed by atoms with van der Waals surface area (Å²) in [6.45, 7) is -0.304. The fourth-order valence-corrected chi connectivity index (χ4v) is 4.54. The van der Waals surface area contributed by atoms with Gasteiger partial charge in [-0.05, 0) is 60.2 Å². The molecule has 0 bridgehead atoms. The standard InChI is InChI=1S/C23H21N3O6S/c1-30-19-8-10-20(11-9-19)33(28,29)26(18-5-3-2-4-6-18)15-23(27)25-24-14-17-7-12-21-22(13-17)32-16-31-21/h2-14H,15-16H2,1H3,(H,25,27)/b24-14-. The summed E-state index contributed by atoms with van der Waals surface area (Å²) in [6.07, 6.45) is 1.44. The minimum absolute atomic E-state index is 0.0313. The predicted molar refractivity (Wildman–Crippen MR) is 122 cm³/mol. The van der Waals surface area contributed by atoms with Crippen molar-refractivity contribution in [1.82, 2.24) is 5.43 Å². The van der Waals surface area contributed by atoms with Crippen molar-refractivity contribution in [3.8, 4) is 17.2 Å². The molecule has 33 heavy (non-hydrogen) atoms. The van der Waals surface area contributed by atoms with Gasteiger partial charge >= 0.3 is 0 Å². The smallest absolute Gasteiger partial charge is 0.264 e. The second kappa shape index (κ2) is 9.61. The Morgan fingerprint density at radius 3 is 2.52 bits per heavy atom. The minimum Gasteiger partial charge on any atom is -0.497 e. The average molecular weight is 468 g/mol. The number of nitrogens with zero attached hydrogens (tertiary/aromatic N) is 2. The maximum Gasteiger partial charge on any atom is 0.264 e. The van der Waals surface area contributed by atoms with Gasteiger partial charge in [-0.1, -0.05) is 18.2 Å². The molecule has 1 amide bonds. The molecule has 4 rings (SSSR count). The molecule has 0 unspecified atom stereocenters. The second-order valence-corrected chi connectivity index (χ2v) is 8.79. The van der Waals surface area contributed by atoms with E-state index in [0.29, 0.717) is 28.5 Å². The molecule has 3 aromatic carbocycles. The Kier molecular flexibility index (Phi) is 6.45. The summed E-state index contributed by atoms with van der Waals surface area (Å²) in [5, 5.41) is 3.93. The average Bonchev–Trinajstić information content (AvgIpc) is 3.31. The normalized spacial score (nSPS) is 12.5. The summed E-state index contributed by atoms with van der Waals surface area (Å²) >= 11 is 0. The van der Waals surface area contributed by atoms with Gasteiger partial charge in [0.1, 0.15) is 12.3 Å². The topological polar surface area (TPSA) is 107 Å². The van der Waals surface area contributed by atoms with Crippen molar-refractivity contribution in [2.75, 3.05) is 24.8 Å². The van der Waals surface area contributed by atoms with Gasteiger partial charge in [-0.15, -0.1) is 0 Å². The minimum atomic E-state index is -4.02. The van der Waals surface area contributed by atoms with Crippen LogP contribution in [0.4, 0.5) is 5.69 Å².